The zero-order chi connectivity index (χ0) is 29.9. The van der Waals surface area contributed by atoms with E-state index in [2.05, 4.69) is 72.1 Å². The standard InChI is InChI=1S/C35H47N5O2S/c1-22-16-23(2)18-25(17-22)32-26(8-11-38-12-14-39(15-13-38)21-30(41)40-9-5-10-40)27-19-29(43-34(27)37-32)35(3,4)33(42)31-24-6-7-28(31)36-20-24/h16-19,24,28,31,36-37H,5-15,20-21H2,1-4H3. The third-order valence-corrected chi connectivity index (χ3v) is 12.2. The van der Waals surface area contributed by atoms with Gasteiger partial charge in [-0.1, -0.05) is 17.2 Å². The minimum atomic E-state index is -0.497. The summed E-state index contributed by atoms with van der Waals surface area (Å²) in [4.78, 5) is 39.5. The van der Waals surface area contributed by atoms with Crippen molar-refractivity contribution in [3.63, 3.8) is 0 Å². The van der Waals surface area contributed by atoms with Crippen LogP contribution in [0.1, 0.15) is 54.7 Å². The predicted molar refractivity (Wildman–Crippen MR) is 175 cm³/mol. The molecule has 1 aliphatic carbocycles. The average molecular weight is 602 g/mol. The van der Waals surface area contributed by atoms with Crippen LogP contribution in [0.25, 0.3) is 21.5 Å². The Morgan fingerprint density at radius 2 is 1.67 bits per heavy atom. The van der Waals surface area contributed by atoms with E-state index in [4.69, 9.17) is 0 Å². The van der Waals surface area contributed by atoms with Crippen LogP contribution in [0, 0.1) is 25.7 Å². The molecule has 1 aromatic carbocycles. The van der Waals surface area contributed by atoms with Gasteiger partial charge in [0.2, 0.25) is 5.91 Å². The predicted octanol–water partition coefficient (Wildman–Crippen LogP) is 4.75. The number of carbonyl (C=O) groups excluding carboxylic acids is 2. The number of ketones is 1. The number of hydrogen-bond acceptors (Lipinski definition) is 6. The van der Waals surface area contributed by atoms with Gasteiger partial charge in [-0.25, -0.2) is 0 Å². The van der Waals surface area contributed by atoms with Gasteiger partial charge in [-0.3, -0.25) is 14.5 Å². The molecule has 230 valence electrons. The fraction of sp³-hybridized carbons (Fsp3) is 0.600. The van der Waals surface area contributed by atoms with Crippen molar-refractivity contribution in [3.05, 3.63) is 45.8 Å². The van der Waals surface area contributed by atoms with E-state index in [0.717, 1.165) is 71.6 Å². The molecular weight excluding hydrogens is 554 g/mol. The summed E-state index contributed by atoms with van der Waals surface area (Å²) in [5, 5.41) is 4.87. The number of hydrogen-bond donors (Lipinski definition) is 2. The van der Waals surface area contributed by atoms with E-state index in [0.29, 0.717) is 30.2 Å². The molecule has 8 heteroatoms. The minimum absolute atomic E-state index is 0.153. The number of benzene rings is 1. The van der Waals surface area contributed by atoms with E-state index in [1.54, 1.807) is 11.3 Å². The first-order valence-electron chi connectivity index (χ1n) is 16.4. The zero-order valence-corrected chi connectivity index (χ0v) is 27.1. The van der Waals surface area contributed by atoms with Crippen LogP contribution >= 0.6 is 11.3 Å². The molecule has 0 radical (unpaired) electrons. The van der Waals surface area contributed by atoms with Gasteiger partial charge in [-0.2, -0.15) is 0 Å². The zero-order valence-electron chi connectivity index (χ0n) is 26.3. The molecule has 5 heterocycles. The Kier molecular flexibility index (Phi) is 7.77. The summed E-state index contributed by atoms with van der Waals surface area (Å²) in [6.07, 6.45) is 4.42. The quantitative estimate of drug-likeness (QED) is 0.371. The molecule has 43 heavy (non-hydrogen) atoms. The summed E-state index contributed by atoms with van der Waals surface area (Å²) in [6.45, 7) is 16.9. The van der Waals surface area contributed by atoms with Crippen molar-refractivity contribution in [2.75, 3.05) is 58.9 Å². The number of aromatic amines is 1. The number of nitrogens with one attached hydrogen (secondary N) is 2. The highest BCUT2D eigenvalue weighted by atomic mass is 32.1. The number of piperidine rings is 1. The molecule has 3 unspecified atom stereocenters. The topological polar surface area (TPSA) is 71.7 Å². The molecule has 3 aromatic rings. The first kappa shape index (κ1) is 29.2. The molecule has 3 atom stereocenters. The van der Waals surface area contributed by atoms with Gasteiger partial charge < -0.3 is 20.1 Å². The van der Waals surface area contributed by atoms with E-state index < -0.39 is 5.41 Å². The van der Waals surface area contributed by atoms with E-state index in [-0.39, 0.29) is 5.92 Å². The van der Waals surface area contributed by atoms with Crippen molar-refractivity contribution >= 4 is 33.2 Å². The van der Waals surface area contributed by atoms with Crippen molar-refractivity contribution in [1.29, 1.82) is 0 Å². The Hall–Kier alpha value is -2.52. The van der Waals surface area contributed by atoms with Crippen molar-refractivity contribution in [3.8, 4) is 11.3 Å². The summed E-state index contributed by atoms with van der Waals surface area (Å²) in [7, 11) is 0. The normalized spacial score (nSPS) is 24.7. The lowest BCUT2D eigenvalue weighted by molar-refractivity contribution is -0.136. The fourth-order valence-electron chi connectivity index (χ4n) is 8.04. The first-order valence-corrected chi connectivity index (χ1v) is 17.2. The molecule has 2 aromatic heterocycles. The van der Waals surface area contributed by atoms with E-state index in [9.17, 15) is 9.59 Å². The molecule has 0 spiro atoms. The minimum Gasteiger partial charge on any atom is -0.346 e. The molecular formula is C35H47N5O2S. The molecule has 4 fully saturated rings. The van der Waals surface area contributed by atoms with Gasteiger partial charge in [0.25, 0.3) is 0 Å². The number of Topliss-reactive ketones (excluding diaryl/α,β-unsaturated/α-hetero) is 1. The fourth-order valence-corrected chi connectivity index (χ4v) is 9.24. The monoisotopic (exact) mass is 601 g/mol. The Morgan fingerprint density at radius 3 is 2.28 bits per heavy atom. The van der Waals surface area contributed by atoms with Gasteiger partial charge in [0.05, 0.1) is 17.7 Å². The number of aromatic nitrogens is 1. The van der Waals surface area contributed by atoms with Gasteiger partial charge >= 0.3 is 0 Å². The SMILES string of the molecule is Cc1cc(C)cc(-c2[nH]c3sc(C(C)(C)C(=O)C4C5CCC4NC5)cc3c2CCN2CCN(CC(=O)N3CCC3)CC2)c1. The van der Waals surface area contributed by atoms with Crippen molar-refractivity contribution in [2.45, 2.75) is 64.8 Å². The number of carbonyl (C=O) groups is 2. The molecule has 2 bridgehead atoms. The van der Waals surface area contributed by atoms with Crippen LogP contribution in [-0.2, 0) is 21.4 Å². The number of piperazine rings is 1. The number of H-pyrrole nitrogens is 1. The molecule has 3 aliphatic heterocycles. The molecule has 1 saturated carbocycles. The number of likely N-dealkylation sites (tertiary alicyclic amines) is 1. The largest absolute Gasteiger partial charge is 0.346 e. The average Bonchev–Trinajstić information content (AvgIpc) is 3.71. The van der Waals surface area contributed by atoms with Gasteiger partial charge in [0.15, 0.2) is 0 Å². The molecule has 1 amide bonds. The smallest absolute Gasteiger partial charge is 0.236 e. The Labute approximate surface area is 260 Å². The second-order valence-corrected chi connectivity index (χ2v) is 15.2. The highest BCUT2D eigenvalue weighted by Crippen LogP contribution is 2.45. The number of nitrogens with zero attached hydrogens (tertiary/aromatic N) is 3. The second-order valence-electron chi connectivity index (χ2n) is 14.2. The maximum Gasteiger partial charge on any atom is 0.236 e. The number of amides is 1. The number of thiophene rings is 1. The lowest BCUT2D eigenvalue weighted by atomic mass is 9.76. The molecule has 2 N–H and O–H groups in total. The first-order chi connectivity index (χ1) is 20.7. The molecule has 4 aliphatic rings. The Morgan fingerprint density at radius 1 is 0.953 bits per heavy atom. The summed E-state index contributed by atoms with van der Waals surface area (Å²) in [5.74, 6) is 1.36. The van der Waals surface area contributed by atoms with Crippen molar-refractivity contribution in [1.82, 2.24) is 25.0 Å². The summed E-state index contributed by atoms with van der Waals surface area (Å²) < 4.78 is 0. The lowest BCUT2D eigenvalue weighted by Gasteiger charge is -2.37. The van der Waals surface area contributed by atoms with Crippen molar-refractivity contribution < 1.29 is 9.59 Å². The Bertz CT molecular complexity index is 1490. The van der Waals surface area contributed by atoms with E-state index in [1.807, 2.05) is 4.90 Å². The highest BCUT2D eigenvalue weighted by Gasteiger charge is 2.50. The summed E-state index contributed by atoms with van der Waals surface area (Å²) in [5.41, 5.74) is 5.88. The third-order valence-electron chi connectivity index (χ3n) is 10.8. The van der Waals surface area contributed by atoms with Crippen LogP contribution in [0.5, 0.6) is 0 Å². The summed E-state index contributed by atoms with van der Waals surface area (Å²) in [6, 6.07) is 9.51. The maximum absolute atomic E-state index is 14.0. The molecule has 7 rings (SSSR count). The lowest BCUT2D eigenvalue weighted by Crippen LogP contribution is -2.52. The van der Waals surface area contributed by atoms with Gasteiger partial charge in [-0.15, -0.1) is 11.3 Å². The second kappa shape index (κ2) is 11.4. The highest BCUT2D eigenvalue weighted by molar-refractivity contribution is 7.19. The summed E-state index contributed by atoms with van der Waals surface area (Å²) >= 11 is 1.78. The number of aryl methyl sites for hydroxylation is 2. The van der Waals surface area contributed by atoms with Crippen LogP contribution in [0.4, 0.5) is 0 Å². The van der Waals surface area contributed by atoms with Crippen LogP contribution in [0.3, 0.4) is 0 Å². The van der Waals surface area contributed by atoms with Crippen LogP contribution < -0.4 is 5.32 Å². The third kappa shape index (κ3) is 5.49. The Balaban J connectivity index is 1.12. The molecule has 7 nitrogen and oxygen atoms in total. The molecule has 3 saturated heterocycles. The van der Waals surface area contributed by atoms with Crippen molar-refractivity contribution in [2.24, 2.45) is 11.8 Å². The van der Waals surface area contributed by atoms with Crippen LogP contribution in [0.2, 0.25) is 0 Å². The van der Waals surface area contributed by atoms with Gasteiger partial charge in [0.1, 0.15) is 10.6 Å². The maximum atomic E-state index is 14.0. The van der Waals surface area contributed by atoms with Gasteiger partial charge in [0, 0.05) is 68.0 Å². The number of rotatable bonds is 9. The van der Waals surface area contributed by atoms with Gasteiger partial charge in [-0.05, 0) is 95.2 Å². The van der Waals surface area contributed by atoms with Crippen LogP contribution in [-0.4, -0.2) is 96.3 Å². The van der Waals surface area contributed by atoms with E-state index in [1.165, 1.54) is 49.5 Å². The van der Waals surface area contributed by atoms with E-state index >= 15 is 0 Å². The van der Waals surface area contributed by atoms with Crippen LogP contribution in [0.15, 0.2) is 24.3 Å². The number of fused-ring (bicyclic) bond motifs is 3.